The minimum absolute atomic E-state index is 0.188. The molecular weight excluding hydrogens is 649 g/mol. The molecule has 0 aliphatic heterocycles. The minimum atomic E-state index is -4.78. The molecule has 5 rings (SSSR count). The molecule has 0 unspecified atom stereocenters. The zero-order valence-corrected chi connectivity index (χ0v) is 24.9. The monoisotopic (exact) mass is 673 g/mol. The van der Waals surface area contributed by atoms with Crippen LogP contribution in [0, 0.1) is 0 Å². The number of ether oxygens (including phenoxy) is 1. The first-order valence-electron chi connectivity index (χ1n) is 13.8. The molecule has 1 heterocycles. The number of hydrogen-bond donors (Lipinski definition) is 1. The molecule has 0 bridgehead atoms. The zero-order valence-electron chi connectivity index (χ0n) is 24.1. The van der Waals surface area contributed by atoms with Crippen LogP contribution in [0.5, 0.6) is 5.75 Å². The predicted octanol–water partition coefficient (Wildman–Crippen LogP) is 7.42. The molecule has 244 valence electrons. The van der Waals surface area contributed by atoms with Crippen molar-refractivity contribution in [3.8, 4) is 16.9 Å². The minimum Gasteiger partial charge on any atom is -0.480 e. The Bertz CT molecular complexity index is 2040. The maximum absolute atomic E-state index is 14.1. The summed E-state index contributed by atoms with van der Waals surface area (Å²) >= 11 is 0. The van der Waals surface area contributed by atoms with Crippen molar-refractivity contribution in [2.75, 3.05) is 5.75 Å². The summed E-state index contributed by atoms with van der Waals surface area (Å²) in [5, 5.41) is 9.76. The lowest BCUT2D eigenvalue weighted by Crippen LogP contribution is -2.30. The average molecular weight is 674 g/mol. The lowest BCUT2D eigenvalue weighted by atomic mass is 10.0. The third-order valence-corrected chi connectivity index (χ3v) is 8.66. The van der Waals surface area contributed by atoms with Gasteiger partial charge in [-0.05, 0) is 57.8 Å². The predicted molar refractivity (Wildman–Crippen MR) is 159 cm³/mol. The maximum Gasteiger partial charge on any atom is 0.449 e. The topological polar surface area (TPSA) is 114 Å². The molecule has 0 aliphatic carbocycles. The number of rotatable bonds is 11. The van der Waals surface area contributed by atoms with E-state index < -0.39 is 58.3 Å². The standard InChI is InChI=1S/C33H24F5NO7S/c34-32(35)46-27-14-12-22-4-1-2-7-26(22)30(27)31(42)39(18-24-13-15-28(45-24)33(36,37)38)17-20-8-10-21(11-9-20)23-5-3-6-25(16-23)47(43,44)19-29(40)41/h1-16,32H,17-19H2,(H,40,41). The van der Waals surface area contributed by atoms with Gasteiger partial charge >= 0.3 is 18.8 Å². The van der Waals surface area contributed by atoms with E-state index in [0.717, 1.165) is 17.0 Å². The number of carbonyl (C=O) groups excluding carboxylic acids is 1. The summed E-state index contributed by atoms with van der Waals surface area (Å²) in [6.45, 7) is -3.93. The zero-order chi connectivity index (χ0) is 33.9. The summed E-state index contributed by atoms with van der Waals surface area (Å²) in [4.78, 5) is 26.0. The highest BCUT2D eigenvalue weighted by Gasteiger charge is 2.35. The quantitative estimate of drug-likeness (QED) is 0.145. The van der Waals surface area contributed by atoms with Crippen LogP contribution in [-0.4, -0.2) is 42.7 Å². The molecule has 8 nitrogen and oxygen atoms in total. The van der Waals surface area contributed by atoms with Gasteiger partial charge in [0.1, 0.15) is 11.5 Å². The van der Waals surface area contributed by atoms with Crippen LogP contribution in [0.4, 0.5) is 22.0 Å². The summed E-state index contributed by atoms with van der Waals surface area (Å²) in [5.74, 6) is -5.30. The first-order chi connectivity index (χ1) is 22.2. The Morgan fingerprint density at radius 3 is 2.23 bits per heavy atom. The van der Waals surface area contributed by atoms with Crippen LogP contribution in [0.3, 0.4) is 0 Å². The number of carbonyl (C=O) groups is 2. The average Bonchev–Trinajstić information content (AvgIpc) is 3.49. The molecule has 0 saturated carbocycles. The van der Waals surface area contributed by atoms with Gasteiger partial charge in [0, 0.05) is 6.54 Å². The van der Waals surface area contributed by atoms with Crippen molar-refractivity contribution in [1.82, 2.24) is 4.90 Å². The van der Waals surface area contributed by atoms with Gasteiger partial charge in [-0.25, -0.2) is 8.42 Å². The largest absolute Gasteiger partial charge is 0.480 e. The molecule has 0 saturated heterocycles. The molecule has 1 aromatic heterocycles. The number of nitrogens with zero attached hydrogens (tertiary/aromatic N) is 1. The van der Waals surface area contributed by atoms with Gasteiger partial charge in [0.25, 0.3) is 5.91 Å². The lowest BCUT2D eigenvalue weighted by molar-refractivity contribution is -0.153. The fourth-order valence-corrected chi connectivity index (χ4v) is 6.05. The van der Waals surface area contributed by atoms with Crippen molar-refractivity contribution in [2.45, 2.75) is 30.8 Å². The van der Waals surface area contributed by atoms with Crippen molar-refractivity contribution in [1.29, 1.82) is 0 Å². The molecule has 5 aromatic rings. The van der Waals surface area contributed by atoms with Crippen LogP contribution < -0.4 is 4.74 Å². The molecule has 0 aliphatic rings. The van der Waals surface area contributed by atoms with E-state index in [4.69, 9.17) is 9.52 Å². The Labute approximate surface area is 264 Å². The van der Waals surface area contributed by atoms with E-state index in [1.807, 2.05) is 0 Å². The highest BCUT2D eigenvalue weighted by molar-refractivity contribution is 7.92. The third-order valence-electron chi connectivity index (χ3n) is 7.06. The van der Waals surface area contributed by atoms with Gasteiger partial charge in [-0.2, -0.15) is 22.0 Å². The number of carboxylic acid groups (broad SMARTS) is 1. The Morgan fingerprint density at radius 2 is 1.57 bits per heavy atom. The van der Waals surface area contributed by atoms with Gasteiger partial charge in [-0.1, -0.05) is 66.7 Å². The van der Waals surface area contributed by atoms with Gasteiger partial charge < -0.3 is 19.2 Å². The normalized spacial score (nSPS) is 12.0. The smallest absolute Gasteiger partial charge is 0.449 e. The van der Waals surface area contributed by atoms with Crippen molar-refractivity contribution in [3.63, 3.8) is 0 Å². The Hall–Kier alpha value is -5.24. The van der Waals surface area contributed by atoms with E-state index in [0.29, 0.717) is 22.1 Å². The fourth-order valence-electron chi connectivity index (χ4n) is 4.97. The Kier molecular flexibility index (Phi) is 9.33. The van der Waals surface area contributed by atoms with Crippen LogP contribution in [-0.2, 0) is 33.9 Å². The molecule has 1 amide bonds. The molecule has 47 heavy (non-hydrogen) atoms. The Balaban J connectivity index is 1.50. The fraction of sp³-hybridized carbons (Fsp3) is 0.152. The van der Waals surface area contributed by atoms with Crippen LogP contribution in [0.2, 0.25) is 0 Å². The van der Waals surface area contributed by atoms with Crippen LogP contribution >= 0.6 is 0 Å². The second-order valence-corrected chi connectivity index (χ2v) is 12.3. The molecule has 0 radical (unpaired) electrons. The summed E-state index contributed by atoms with van der Waals surface area (Å²) in [5.41, 5.74) is 1.26. The number of amides is 1. The number of alkyl halides is 5. The van der Waals surface area contributed by atoms with Gasteiger partial charge in [0.05, 0.1) is 17.0 Å². The molecule has 4 aromatic carbocycles. The van der Waals surface area contributed by atoms with Crippen molar-refractivity contribution >= 4 is 32.5 Å². The molecule has 14 heteroatoms. The van der Waals surface area contributed by atoms with E-state index in [9.17, 15) is 40.0 Å². The maximum atomic E-state index is 14.1. The third kappa shape index (κ3) is 7.77. The summed E-state index contributed by atoms with van der Waals surface area (Å²) in [6, 6.07) is 23.1. The van der Waals surface area contributed by atoms with Crippen molar-refractivity contribution in [3.05, 3.63) is 120 Å². The molecular formula is C33H24F5NO7S. The van der Waals surface area contributed by atoms with E-state index in [1.54, 1.807) is 48.5 Å². The number of halogens is 5. The summed E-state index contributed by atoms with van der Waals surface area (Å²) in [7, 11) is -4.09. The van der Waals surface area contributed by atoms with Crippen LogP contribution in [0.25, 0.3) is 21.9 Å². The van der Waals surface area contributed by atoms with Crippen molar-refractivity contribution < 1.29 is 54.2 Å². The van der Waals surface area contributed by atoms with E-state index >= 15 is 0 Å². The Morgan fingerprint density at radius 1 is 0.851 bits per heavy atom. The molecule has 1 N–H and O–H groups in total. The second kappa shape index (κ2) is 13.2. The highest BCUT2D eigenvalue weighted by Crippen LogP contribution is 2.34. The number of benzene rings is 4. The second-order valence-electron chi connectivity index (χ2n) is 10.3. The molecule has 0 spiro atoms. The van der Waals surface area contributed by atoms with Gasteiger partial charge in [-0.3, -0.25) is 9.59 Å². The number of aliphatic carboxylic acids is 1. The number of hydrogen-bond acceptors (Lipinski definition) is 6. The van der Waals surface area contributed by atoms with Gasteiger partial charge in [0.15, 0.2) is 15.6 Å². The number of fused-ring (bicyclic) bond motifs is 1. The van der Waals surface area contributed by atoms with Crippen LogP contribution in [0.15, 0.2) is 106 Å². The van der Waals surface area contributed by atoms with E-state index in [-0.39, 0.29) is 28.2 Å². The summed E-state index contributed by atoms with van der Waals surface area (Å²) < 4.78 is 101. The number of sulfone groups is 1. The lowest BCUT2D eigenvalue weighted by Gasteiger charge is -2.24. The van der Waals surface area contributed by atoms with Gasteiger partial charge in [0.2, 0.25) is 5.76 Å². The number of furan rings is 1. The van der Waals surface area contributed by atoms with E-state index in [1.165, 1.54) is 36.4 Å². The molecule has 0 fully saturated rings. The molecule has 0 atom stereocenters. The van der Waals surface area contributed by atoms with Crippen LogP contribution in [0.1, 0.15) is 27.4 Å². The number of carboxylic acids is 1. The first-order valence-corrected chi connectivity index (χ1v) is 15.4. The first kappa shape index (κ1) is 33.1. The summed E-state index contributed by atoms with van der Waals surface area (Å²) in [6.07, 6.45) is -4.78. The SMILES string of the molecule is O=C(O)CS(=O)(=O)c1cccc(-c2ccc(CN(Cc3ccc(C(F)(F)F)o3)C(=O)c3c(OC(F)F)ccc4ccccc34)cc2)c1. The van der Waals surface area contributed by atoms with E-state index in [2.05, 4.69) is 4.74 Å². The van der Waals surface area contributed by atoms with Gasteiger partial charge in [-0.15, -0.1) is 0 Å². The highest BCUT2D eigenvalue weighted by atomic mass is 32.2. The van der Waals surface area contributed by atoms with Crippen molar-refractivity contribution in [2.24, 2.45) is 0 Å².